The van der Waals surface area contributed by atoms with Crippen LogP contribution in [0.15, 0.2) is 30.7 Å². The second kappa shape index (κ2) is 8.59. The number of carbonyl (C=O) groups is 1. The summed E-state index contributed by atoms with van der Waals surface area (Å²) in [5.41, 5.74) is 2.80. The lowest BCUT2D eigenvalue weighted by Gasteiger charge is -2.49. The number of hydrogen-bond acceptors (Lipinski definition) is 4. The minimum atomic E-state index is -4.32. The number of H-pyrrole nitrogens is 1. The zero-order chi connectivity index (χ0) is 23.2. The summed E-state index contributed by atoms with van der Waals surface area (Å²) in [5.74, 6) is -1.47. The molecule has 0 radical (unpaired) electrons. The van der Waals surface area contributed by atoms with Gasteiger partial charge in [0.05, 0.1) is 23.8 Å². The van der Waals surface area contributed by atoms with Crippen LogP contribution in [-0.4, -0.2) is 62.6 Å². The third-order valence-electron chi connectivity index (χ3n) is 7.30. The van der Waals surface area contributed by atoms with E-state index in [2.05, 4.69) is 15.0 Å². The minimum Gasteiger partial charge on any atom is -0.346 e. The van der Waals surface area contributed by atoms with Gasteiger partial charge >= 0.3 is 6.18 Å². The molecule has 0 spiro atoms. The van der Waals surface area contributed by atoms with E-state index < -0.39 is 18.3 Å². The van der Waals surface area contributed by atoms with E-state index in [0.717, 1.165) is 34.8 Å². The summed E-state index contributed by atoms with van der Waals surface area (Å²) in [6.45, 7) is 3.17. The Bertz CT molecular complexity index is 1150. The topological polar surface area (TPSA) is 65.1 Å². The standard InChI is InChI=1S/C24H28F3N5O/c1-2-20(33)32-11-3-4-18(24(25,26)27)23(32)31-12-7-15(8-13-31)16-5-9-28-19-14-30-22-17(21(16)19)6-10-29-22/h5-6,9-10,14-15,18,23H,2-4,7-8,11-13H2,1H3,(H,29,30). The van der Waals surface area contributed by atoms with E-state index in [1.165, 1.54) is 10.5 Å². The number of aromatic amines is 1. The number of aromatic nitrogens is 3. The molecule has 0 bridgehead atoms. The predicted octanol–water partition coefficient (Wildman–Crippen LogP) is 4.83. The molecule has 1 N–H and O–H groups in total. The Balaban J connectivity index is 1.42. The van der Waals surface area contributed by atoms with E-state index in [4.69, 9.17) is 0 Å². The van der Waals surface area contributed by atoms with Gasteiger partial charge in [0.1, 0.15) is 5.65 Å². The average molecular weight is 460 g/mol. The first-order chi connectivity index (χ1) is 15.9. The number of rotatable bonds is 3. The maximum absolute atomic E-state index is 13.9. The lowest BCUT2D eigenvalue weighted by Crippen LogP contribution is -2.61. The van der Waals surface area contributed by atoms with Gasteiger partial charge in [-0.2, -0.15) is 13.2 Å². The summed E-state index contributed by atoms with van der Waals surface area (Å²) >= 11 is 0. The molecule has 2 aliphatic heterocycles. The lowest BCUT2D eigenvalue weighted by molar-refractivity contribution is -0.222. The van der Waals surface area contributed by atoms with Gasteiger partial charge in [-0.1, -0.05) is 6.92 Å². The molecule has 0 aliphatic carbocycles. The van der Waals surface area contributed by atoms with Crippen molar-refractivity contribution in [1.29, 1.82) is 0 Å². The molecule has 5 heterocycles. The SMILES string of the molecule is CCC(=O)N1CCCC(C(F)(F)F)C1N1CCC(c2ccnc3cnc4[nH]ccc4c23)CC1. The van der Waals surface area contributed by atoms with Crippen LogP contribution >= 0.6 is 0 Å². The molecule has 6 nitrogen and oxygen atoms in total. The normalized spacial score (nSPS) is 23.5. The van der Waals surface area contributed by atoms with Crippen LogP contribution in [0.3, 0.4) is 0 Å². The minimum absolute atomic E-state index is 0.0784. The number of hydrogen-bond donors (Lipinski definition) is 1. The fourth-order valence-corrected chi connectivity index (χ4v) is 5.73. The Labute approximate surface area is 190 Å². The number of carbonyl (C=O) groups excluding carboxylic acids is 1. The average Bonchev–Trinajstić information content (AvgIpc) is 3.31. The van der Waals surface area contributed by atoms with Crippen LogP contribution in [0.4, 0.5) is 13.2 Å². The summed E-state index contributed by atoms with van der Waals surface area (Å²) in [6, 6.07) is 4.02. The molecule has 176 valence electrons. The fourth-order valence-electron chi connectivity index (χ4n) is 5.73. The van der Waals surface area contributed by atoms with Crippen molar-refractivity contribution >= 4 is 27.8 Å². The smallest absolute Gasteiger partial charge is 0.346 e. The fraction of sp³-hybridized carbons (Fsp3) is 0.542. The van der Waals surface area contributed by atoms with Crippen molar-refractivity contribution in [2.45, 2.75) is 57.3 Å². The third kappa shape index (κ3) is 3.96. The second-order valence-corrected chi connectivity index (χ2v) is 9.11. The zero-order valence-electron chi connectivity index (χ0n) is 18.6. The maximum Gasteiger partial charge on any atom is 0.395 e. The number of alkyl halides is 3. The Morgan fingerprint density at radius 2 is 1.94 bits per heavy atom. The molecule has 3 aromatic rings. The van der Waals surface area contributed by atoms with Crippen LogP contribution in [0.1, 0.15) is 50.5 Å². The van der Waals surface area contributed by atoms with Crippen molar-refractivity contribution in [3.63, 3.8) is 0 Å². The van der Waals surface area contributed by atoms with Gasteiger partial charge in [0.25, 0.3) is 0 Å². The van der Waals surface area contributed by atoms with E-state index in [-0.39, 0.29) is 24.7 Å². The van der Waals surface area contributed by atoms with Gasteiger partial charge in [-0.05, 0) is 49.3 Å². The molecular weight excluding hydrogens is 431 g/mol. The van der Waals surface area contributed by atoms with Crippen LogP contribution in [0.2, 0.25) is 0 Å². The summed E-state index contributed by atoms with van der Waals surface area (Å²) in [6.07, 6.45) is 2.36. The summed E-state index contributed by atoms with van der Waals surface area (Å²) in [7, 11) is 0. The van der Waals surface area contributed by atoms with Crippen molar-refractivity contribution < 1.29 is 18.0 Å². The molecule has 3 aromatic heterocycles. The van der Waals surface area contributed by atoms with E-state index in [1.807, 2.05) is 23.2 Å². The van der Waals surface area contributed by atoms with Gasteiger partial charge in [-0.3, -0.25) is 14.7 Å². The number of amides is 1. The van der Waals surface area contributed by atoms with Crippen LogP contribution < -0.4 is 0 Å². The van der Waals surface area contributed by atoms with Crippen LogP contribution in [-0.2, 0) is 4.79 Å². The highest BCUT2D eigenvalue weighted by Gasteiger charge is 2.51. The van der Waals surface area contributed by atoms with Gasteiger partial charge in [-0.15, -0.1) is 0 Å². The van der Waals surface area contributed by atoms with E-state index in [9.17, 15) is 18.0 Å². The molecule has 33 heavy (non-hydrogen) atoms. The van der Waals surface area contributed by atoms with Crippen molar-refractivity contribution in [2.24, 2.45) is 5.92 Å². The number of pyridine rings is 2. The van der Waals surface area contributed by atoms with Gasteiger partial charge in [0, 0.05) is 49.2 Å². The predicted molar refractivity (Wildman–Crippen MR) is 120 cm³/mol. The molecule has 2 fully saturated rings. The highest BCUT2D eigenvalue weighted by Crippen LogP contribution is 2.42. The highest BCUT2D eigenvalue weighted by atomic mass is 19.4. The van der Waals surface area contributed by atoms with Gasteiger partial charge in [0.2, 0.25) is 5.91 Å². The molecule has 2 aliphatic rings. The summed E-state index contributed by atoms with van der Waals surface area (Å²) in [4.78, 5) is 28.0. The van der Waals surface area contributed by atoms with Gasteiger partial charge in [-0.25, -0.2) is 4.98 Å². The molecule has 0 aromatic carbocycles. The first-order valence-electron chi connectivity index (χ1n) is 11.7. The van der Waals surface area contributed by atoms with Crippen molar-refractivity contribution in [2.75, 3.05) is 19.6 Å². The molecule has 1 amide bonds. The van der Waals surface area contributed by atoms with Crippen LogP contribution in [0.5, 0.6) is 0 Å². The molecule has 2 saturated heterocycles. The van der Waals surface area contributed by atoms with Crippen LogP contribution in [0, 0.1) is 5.92 Å². The van der Waals surface area contributed by atoms with E-state index in [0.29, 0.717) is 26.1 Å². The van der Waals surface area contributed by atoms with E-state index >= 15 is 0 Å². The number of nitrogens with one attached hydrogen (secondary N) is 1. The van der Waals surface area contributed by atoms with Crippen molar-refractivity contribution in [1.82, 2.24) is 24.8 Å². The van der Waals surface area contributed by atoms with Gasteiger partial charge < -0.3 is 9.88 Å². The maximum atomic E-state index is 13.9. The van der Waals surface area contributed by atoms with Crippen molar-refractivity contribution in [3.8, 4) is 0 Å². The first kappa shape index (κ1) is 22.1. The molecular formula is C24H28F3N5O. The molecule has 5 rings (SSSR count). The number of piperidine rings is 2. The Morgan fingerprint density at radius 3 is 2.67 bits per heavy atom. The monoisotopic (exact) mass is 459 g/mol. The number of likely N-dealkylation sites (tertiary alicyclic amines) is 2. The number of halogens is 3. The molecule has 2 atom stereocenters. The number of fused-ring (bicyclic) bond motifs is 3. The Morgan fingerprint density at radius 1 is 1.15 bits per heavy atom. The van der Waals surface area contributed by atoms with E-state index in [1.54, 1.807) is 19.3 Å². The number of nitrogens with zero attached hydrogens (tertiary/aromatic N) is 4. The quantitative estimate of drug-likeness (QED) is 0.610. The Hall–Kier alpha value is -2.68. The molecule has 0 saturated carbocycles. The summed E-state index contributed by atoms with van der Waals surface area (Å²) in [5, 5.41) is 2.08. The second-order valence-electron chi connectivity index (χ2n) is 9.11. The Kier molecular flexibility index (Phi) is 5.76. The lowest BCUT2D eigenvalue weighted by atomic mass is 9.85. The highest BCUT2D eigenvalue weighted by molar-refractivity contribution is 6.05. The third-order valence-corrected chi connectivity index (χ3v) is 7.30. The summed E-state index contributed by atoms with van der Waals surface area (Å²) < 4.78 is 41.8. The zero-order valence-corrected chi connectivity index (χ0v) is 18.6. The molecule has 9 heteroatoms. The van der Waals surface area contributed by atoms with Crippen molar-refractivity contribution in [3.05, 3.63) is 36.3 Å². The first-order valence-corrected chi connectivity index (χ1v) is 11.7. The molecule has 2 unspecified atom stereocenters. The van der Waals surface area contributed by atoms with Gasteiger partial charge in [0.15, 0.2) is 0 Å². The van der Waals surface area contributed by atoms with Crippen LogP contribution in [0.25, 0.3) is 21.9 Å². The largest absolute Gasteiger partial charge is 0.395 e.